The van der Waals surface area contributed by atoms with Gasteiger partial charge in [0, 0.05) is 32.5 Å². The number of fused-ring (bicyclic) bond motifs is 1. The molecule has 0 aliphatic carbocycles. The van der Waals surface area contributed by atoms with E-state index < -0.39 is 23.7 Å². The number of benzene rings is 2. The van der Waals surface area contributed by atoms with Crippen molar-refractivity contribution in [2.45, 2.75) is 19.8 Å². The number of carbonyl (C=O) groups excluding carboxylic acids is 3. The number of ether oxygens (including phenoxy) is 1. The Bertz CT molecular complexity index is 891. The molecule has 4 nitrogen and oxygen atoms in total. The van der Waals surface area contributed by atoms with E-state index in [1.807, 2.05) is 0 Å². The van der Waals surface area contributed by atoms with E-state index in [9.17, 15) is 14.4 Å². The molecule has 0 N–H and O–H groups in total. The highest BCUT2D eigenvalue weighted by atomic mass is 79.9. The normalized spacial score (nSPS) is 20.1. The molecule has 0 radical (unpaired) electrons. The van der Waals surface area contributed by atoms with E-state index in [2.05, 4.69) is 15.9 Å². The van der Waals surface area contributed by atoms with Crippen LogP contribution < -0.4 is 4.74 Å². The van der Waals surface area contributed by atoms with Gasteiger partial charge < -0.3 is 4.74 Å². The first-order valence-electron chi connectivity index (χ1n) is 8.11. The maximum Gasteiger partial charge on any atom is 0.322 e. The van der Waals surface area contributed by atoms with E-state index >= 15 is 0 Å². The van der Waals surface area contributed by atoms with Gasteiger partial charge in [0.25, 0.3) is 0 Å². The molecule has 1 aliphatic rings. The fourth-order valence-electron chi connectivity index (χ4n) is 3.39. The summed E-state index contributed by atoms with van der Waals surface area (Å²) in [5.41, 5.74) is 1.16. The van der Waals surface area contributed by atoms with Crippen LogP contribution in [-0.2, 0) is 9.59 Å². The molecule has 0 aromatic heterocycles. The highest BCUT2D eigenvalue weighted by Crippen LogP contribution is 2.44. The number of ketones is 2. The average molecular weight is 436 g/mol. The summed E-state index contributed by atoms with van der Waals surface area (Å²) in [6, 6.07) is 11.8. The molecule has 0 amide bonds. The average Bonchev–Trinajstić information content (AvgIpc) is 2.60. The number of halogens is 2. The molecule has 2 aromatic rings. The monoisotopic (exact) mass is 434 g/mol. The van der Waals surface area contributed by atoms with E-state index in [0.29, 0.717) is 21.9 Å². The van der Waals surface area contributed by atoms with Crippen molar-refractivity contribution in [3.63, 3.8) is 0 Å². The second-order valence-corrected chi connectivity index (χ2v) is 7.73. The molecule has 1 heterocycles. The van der Waals surface area contributed by atoms with Crippen LogP contribution in [0.1, 0.15) is 35.7 Å². The summed E-state index contributed by atoms with van der Waals surface area (Å²) in [4.78, 5) is 37.6. The van der Waals surface area contributed by atoms with E-state index in [-0.39, 0.29) is 11.6 Å². The van der Waals surface area contributed by atoms with Crippen molar-refractivity contribution in [3.8, 4) is 5.75 Å². The van der Waals surface area contributed by atoms with Crippen molar-refractivity contribution in [2.24, 2.45) is 11.8 Å². The number of carbonyl (C=O) groups is 3. The predicted molar refractivity (Wildman–Crippen MR) is 102 cm³/mol. The smallest absolute Gasteiger partial charge is 0.322 e. The molecule has 0 saturated carbocycles. The number of Topliss-reactive ketones (excluding diaryl/α,β-unsaturated/α-hetero) is 2. The zero-order chi connectivity index (χ0) is 19.0. The zero-order valence-electron chi connectivity index (χ0n) is 14.2. The van der Waals surface area contributed by atoms with E-state index in [1.165, 1.54) is 6.92 Å². The summed E-state index contributed by atoms with van der Waals surface area (Å²) in [5.74, 6) is -2.90. The maximum absolute atomic E-state index is 13.0. The largest absolute Gasteiger partial charge is 0.426 e. The molecule has 0 spiro atoms. The molecule has 1 aliphatic heterocycles. The minimum absolute atomic E-state index is 0.154. The van der Waals surface area contributed by atoms with Crippen LogP contribution in [0.2, 0.25) is 5.02 Å². The first-order chi connectivity index (χ1) is 12.3. The Balaban J connectivity index is 2.07. The topological polar surface area (TPSA) is 60.4 Å². The highest BCUT2D eigenvalue weighted by Gasteiger charge is 2.45. The van der Waals surface area contributed by atoms with Crippen LogP contribution in [0.5, 0.6) is 5.75 Å². The molecule has 0 unspecified atom stereocenters. The molecular weight excluding hydrogens is 420 g/mol. The fraction of sp³-hybridized carbons (Fsp3) is 0.250. The quantitative estimate of drug-likeness (QED) is 0.299. The third-order valence-corrected chi connectivity index (χ3v) is 5.42. The molecule has 0 bridgehead atoms. The molecule has 26 heavy (non-hydrogen) atoms. The Labute approximate surface area is 164 Å². The van der Waals surface area contributed by atoms with Crippen molar-refractivity contribution in [1.82, 2.24) is 0 Å². The summed E-state index contributed by atoms with van der Waals surface area (Å²) in [6.07, 6.45) is 0. The van der Waals surface area contributed by atoms with E-state index in [4.69, 9.17) is 16.3 Å². The molecule has 3 rings (SSSR count). The third kappa shape index (κ3) is 3.46. The molecule has 2 aromatic carbocycles. The lowest BCUT2D eigenvalue weighted by molar-refractivity contribution is -0.146. The lowest BCUT2D eigenvalue weighted by Crippen LogP contribution is -2.40. The predicted octanol–water partition coefficient (Wildman–Crippen LogP) is 4.83. The zero-order valence-corrected chi connectivity index (χ0v) is 16.5. The molecule has 134 valence electrons. The van der Waals surface area contributed by atoms with Gasteiger partial charge in [0.15, 0.2) is 5.78 Å². The van der Waals surface area contributed by atoms with Crippen LogP contribution in [0.3, 0.4) is 0 Å². The second-order valence-electron chi connectivity index (χ2n) is 6.38. The Morgan fingerprint density at radius 3 is 2.42 bits per heavy atom. The van der Waals surface area contributed by atoms with Crippen molar-refractivity contribution in [1.29, 1.82) is 0 Å². The summed E-state index contributed by atoms with van der Waals surface area (Å²) in [6.45, 7) is 3.09. The SMILES string of the molecule is CC(=O)[C@@H]1C(=O)Oc2ccc(Br)cc2[C@@H]1[C@@H](C)C(=O)c1ccc(Cl)cc1. The van der Waals surface area contributed by atoms with Gasteiger partial charge in [-0.25, -0.2) is 0 Å². The van der Waals surface area contributed by atoms with Crippen LogP contribution >= 0.6 is 27.5 Å². The summed E-state index contributed by atoms with van der Waals surface area (Å²) < 4.78 is 6.12. The molecule has 0 fully saturated rings. The first kappa shape index (κ1) is 18.8. The van der Waals surface area contributed by atoms with E-state index in [1.54, 1.807) is 49.4 Å². The second kappa shape index (κ2) is 7.33. The maximum atomic E-state index is 13.0. The first-order valence-corrected chi connectivity index (χ1v) is 9.28. The highest BCUT2D eigenvalue weighted by molar-refractivity contribution is 9.10. The number of hydrogen-bond donors (Lipinski definition) is 0. The van der Waals surface area contributed by atoms with Gasteiger partial charge in [-0.2, -0.15) is 0 Å². The summed E-state index contributed by atoms with van der Waals surface area (Å²) in [7, 11) is 0. The lowest BCUT2D eigenvalue weighted by Gasteiger charge is -2.34. The molecule has 3 atom stereocenters. The minimum atomic E-state index is -1.01. The third-order valence-electron chi connectivity index (χ3n) is 4.67. The van der Waals surface area contributed by atoms with Gasteiger partial charge >= 0.3 is 5.97 Å². The van der Waals surface area contributed by atoms with Gasteiger partial charge in [0.05, 0.1) is 0 Å². The van der Waals surface area contributed by atoms with Crippen molar-refractivity contribution in [3.05, 3.63) is 63.1 Å². The molecular formula is C20H16BrClO4. The van der Waals surface area contributed by atoms with Crippen LogP contribution in [0, 0.1) is 11.8 Å². The van der Waals surface area contributed by atoms with Crippen molar-refractivity contribution in [2.75, 3.05) is 0 Å². The van der Waals surface area contributed by atoms with Gasteiger partial charge in [0.2, 0.25) is 0 Å². The number of hydrogen-bond acceptors (Lipinski definition) is 4. The standard InChI is InChI=1S/C20H16BrClO4/c1-10(19(24)12-3-6-14(22)7-4-12)17-15-9-13(21)5-8-16(15)26-20(25)18(17)11(2)23/h3-10,17-18H,1-2H3/t10-,17+,18+/m1/s1. The Morgan fingerprint density at radius 2 is 1.81 bits per heavy atom. The van der Waals surface area contributed by atoms with Crippen LogP contribution in [0.4, 0.5) is 0 Å². The minimum Gasteiger partial charge on any atom is -0.426 e. The molecule has 0 saturated heterocycles. The van der Waals surface area contributed by atoms with Crippen LogP contribution in [-0.4, -0.2) is 17.5 Å². The van der Waals surface area contributed by atoms with Gasteiger partial charge in [-0.1, -0.05) is 34.5 Å². The number of rotatable bonds is 4. The van der Waals surface area contributed by atoms with E-state index in [0.717, 1.165) is 4.47 Å². The molecule has 6 heteroatoms. The van der Waals surface area contributed by atoms with Gasteiger partial charge in [0.1, 0.15) is 17.5 Å². The Morgan fingerprint density at radius 1 is 1.15 bits per heavy atom. The van der Waals surface area contributed by atoms with Gasteiger partial charge in [-0.15, -0.1) is 0 Å². The van der Waals surface area contributed by atoms with Crippen LogP contribution in [0.25, 0.3) is 0 Å². The van der Waals surface area contributed by atoms with Crippen molar-refractivity contribution >= 4 is 45.1 Å². The van der Waals surface area contributed by atoms with Gasteiger partial charge in [-0.3, -0.25) is 14.4 Å². The van der Waals surface area contributed by atoms with Crippen LogP contribution in [0.15, 0.2) is 46.9 Å². The van der Waals surface area contributed by atoms with Gasteiger partial charge in [-0.05, 0) is 49.4 Å². The Hall–Kier alpha value is -1.98. The fourth-order valence-corrected chi connectivity index (χ4v) is 3.89. The van der Waals surface area contributed by atoms with Crippen molar-refractivity contribution < 1.29 is 19.1 Å². The number of esters is 1. The summed E-state index contributed by atoms with van der Waals surface area (Å²) >= 11 is 9.29. The Kier molecular flexibility index (Phi) is 5.30. The lowest BCUT2D eigenvalue weighted by atomic mass is 9.72. The summed E-state index contributed by atoms with van der Waals surface area (Å²) in [5, 5.41) is 0.534.